The first-order valence-electron chi connectivity index (χ1n) is 5.21. The van der Waals surface area contributed by atoms with Gasteiger partial charge in [0.1, 0.15) is 5.75 Å². The predicted octanol–water partition coefficient (Wildman–Crippen LogP) is 2.19. The van der Waals surface area contributed by atoms with Crippen LogP contribution in [-0.4, -0.2) is 31.1 Å². The third-order valence-electron chi connectivity index (χ3n) is 2.72. The number of nitrogens with zero attached hydrogens (tertiary/aromatic N) is 4. The van der Waals surface area contributed by atoms with Crippen LogP contribution < -0.4 is 4.74 Å². The van der Waals surface area contributed by atoms with Crippen molar-refractivity contribution in [3.8, 4) is 5.75 Å². The van der Waals surface area contributed by atoms with Gasteiger partial charge in [0.05, 0.1) is 13.2 Å². The zero-order valence-corrected chi connectivity index (χ0v) is 9.21. The molecule has 1 aromatic carbocycles. The Kier molecular flexibility index (Phi) is 3.29. The summed E-state index contributed by atoms with van der Waals surface area (Å²) in [7, 11) is 1.66. The molecule has 16 heavy (non-hydrogen) atoms. The summed E-state index contributed by atoms with van der Waals surface area (Å²) in [5.41, 5.74) is 9.51. The highest BCUT2D eigenvalue weighted by Crippen LogP contribution is 2.17. The van der Waals surface area contributed by atoms with Gasteiger partial charge in [0, 0.05) is 24.5 Å². The maximum absolute atomic E-state index is 8.26. The Morgan fingerprint density at radius 2 is 2.12 bits per heavy atom. The zero-order chi connectivity index (χ0) is 11.4. The molecule has 84 valence electrons. The SMILES string of the molecule is COc1ccc(CN2CC(N=[N+]=[N-])C2)cc1. The summed E-state index contributed by atoms with van der Waals surface area (Å²) in [6.07, 6.45) is 0. The molecule has 5 nitrogen and oxygen atoms in total. The van der Waals surface area contributed by atoms with Crippen LogP contribution in [0.25, 0.3) is 10.4 Å². The van der Waals surface area contributed by atoms with E-state index in [1.807, 2.05) is 12.1 Å². The Balaban J connectivity index is 1.84. The summed E-state index contributed by atoms with van der Waals surface area (Å²) in [4.78, 5) is 5.05. The highest BCUT2D eigenvalue weighted by molar-refractivity contribution is 5.27. The standard InChI is InChI=1S/C11H14N4O/c1-16-11-4-2-9(3-5-11)6-15-7-10(8-15)13-14-12/h2-5,10H,6-8H2,1H3. The Labute approximate surface area is 94.3 Å². The number of hydrogen-bond donors (Lipinski definition) is 0. The van der Waals surface area contributed by atoms with Gasteiger partial charge in [-0.05, 0) is 23.2 Å². The minimum Gasteiger partial charge on any atom is -0.497 e. The first-order chi connectivity index (χ1) is 7.81. The Bertz CT molecular complexity index is 391. The first kappa shape index (κ1) is 10.8. The molecule has 1 aliphatic heterocycles. The third kappa shape index (κ3) is 2.45. The van der Waals surface area contributed by atoms with Crippen LogP contribution in [0.5, 0.6) is 5.75 Å². The zero-order valence-electron chi connectivity index (χ0n) is 9.21. The van der Waals surface area contributed by atoms with Crippen molar-refractivity contribution < 1.29 is 4.74 Å². The molecule has 0 N–H and O–H groups in total. The van der Waals surface area contributed by atoms with E-state index >= 15 is 0 Å². The topological polar surface area (TPSA) is 61.2 Å². The molecule has 1 heterocycles. The van der Waals surface area contributed by atoms with Crippen molar-refractivity contribution in [2.45, 2.75) is 12.6 Å². The average Bonchev–Trinajstić information content (AvgIpc) is 2.27. The van der Waals surface area contributed by atoms with Gasteiger partial charge in [0.15, 0.2) is 0 Å². The molecular formula is C11H14N4O. The average molecular weight is 218 g/mol. The van der Waals surface area contributed by atoms with E-state index < -0.39 is 0 Å². The van der Waals surface area contributed by atoms with Crippen LogP contribution in [0.3, 0.4) is 0 Å². The van der Waals surface area contributed by atoms with Gasteiger partial charge in [-0.1, -0.05) is 17.2 Å². The smallest absolute Gasteiger partial charge is 0.118 e. The number of likely N-dealkylation sites (tertiary alicyclic amines) is 1. The highest BCUT2D eigenvalue weighted by Gasteiger charge is 2.24. The maximum Gasteiger partial charge on any atom is 0.118 e. The Hall–Kier alpha value is -1.71. The molecule has 0 spiro atoms. The van der Waals surface area contributed by atoms with Gasteiger partial charge in [0.2, 0.25) is 0 Å². The molecule has 0 radical (unpaired) electrons. The minimum absolute atomic E-state index is 0.156. The van der Waals surface area contributed by atoms with Gasteiger partial charge in [-0.15, -0.1) is 0 Å². The second-order valence-electron chi connectivity index (χ2n) is 3.90. The molecule has 1 fully saturated rings. The molecule has 1 aromatic rings. The molecule has 5 heteroatoms. The van der Waals surface area contributed by atoms with Crippen LogP contribution in [0.1, 0.15) is 5.56 Å². The van der Waals surface area contributed by atoms with Crippen molar-refractivity contribution in [1.29, 1.82) is 0 Å². The fourth-order valence-electron chi connectivity index (χ4n) is 1.81. The molecule has 0 atom stereocenters. The molecule has 1 aliphatic rings. The van der Waals surface area contributed by atoms with Gasteiger partial charge in [-0.3, -0.25) is 4.90 Å². The lowest BCUT2D eigenvalue weighted by molar-refractivity contribution is 0.142. The summed E-state index contributed by atoms with van der Waals surface area (Å²) in [6, 6.07) is 8.18. The van der Waals surface area contributed by atoms with Crippen molar-refractivity contribution in [3.63, 3.8) is 0 Å². The van der Waals surface area contributed by atoms with Crippen molar-refractivity contribution in [2.24, 2.45) is 5.11 Å². The van der Waals surface area contributed by atoms with Crippen LogP contribution in [0.4, 0.5) is 0 Å². The summed E-state index contributed by atoms with van der Waals surface area (Å²) < 4.78 is 5.09. The normalized spacial score (nSPS) is 16.3. The van der Waals surface area contributed by atoms with E-state index in [9.17, 15) is 0 Å². The Morgan fingerprint density at radius 3 is 2.69 bits per heavy atom. The van der Waals surface area contributed by atoms with E-state index in [0.717, 1.165) is 25.4 Å². The fourth-order valence-corrected chi connectivity index (χ4v) is 1.81. The largest absolute Gasteiger partial charge is 0.497 e. The van der Waals surface area contributed by atoms with Crippen molar-refractivity contribution >= 4 is 0 Å². The summed E-state index contributed by atoms with van der Waals surface area (Å²) >= 11 is 0. The number of ether oxygens (including phenoxy) is 1. The van der Waals surface area contributed by atoms with Gasteiger partial charge in [-0.2, -0.15) is 0 Å². The van der Waals surface area contributed by atoms with Crippen molar-refractivity contribution in [2.75, 3.05) is 20.2 Å². The second kappa shape index (κ2) is 4.88. The summed E-state index contributed by atoms with van der Waals surface area (Å²) in [5, 5.41) is 3.67. The van der Waals surface area contributed by atoms with E-state index in [4.69, 9.17) is 10.3 Å². The molecule has 0 unspecified atom stereocenters. The molecule has 0 saturated carbocycles. The molecule has 0 aliphatic carbocycles. The third-order valence-corrected chi connectivity index (χ3v) is 2.72. The Morgan fingerprint density at radius 1 is 1.44 bits per heavy atom. The predicted molar refractivity (Wildman–Crippen MR) is 61.2 cm³/mol. The lowest BCUT2D eigenvalue weighted by Crippen LogP contribution is -2.48. The number of rotatable bonds is 4. The van der Waals surface area contributed by atoms with E-state index in [2.05, 4.69) is 27.1 Å². The maximum atomic E-state index is 8.26. The number of methoxy groups -OCH3 is 1. The second-order valence-corrected chi connectivity index (χ2v) is 3.90. The van der Waals surface area contributed by atoms with Crippen LogP contribution in [-0.2, 0) is 6.54 Å². The van der Waals surface area contributed by atoms with E-state index in [1.54, 1.807) is 7.11 Å². The van der Waals surface area contributed by atoms with Crippen LogP contribution in [0, 0.1) is 0 Å². The summed E-state index contributed by atoms with van der Waals surface area (Å²) in [5.74, 6) is 0.874. The molecule has 0 bridgehead atoms. The summed E-state index contributed by atoms with van der Waals surface area (Å²) in [6.45, 7) is 2.62. The van der Waals surface area contributed by atoms with Crippen molar-refractivity contribution in [1.82, 2.24) is 4.90 Å². The van der Waals surface area contributed by atoms with Crippen LogP contribution >= 0.6 is 0 Å². The van der Waals surface area contributed by atoms with E-state index in [0.29, 0.717) is 0 Å². The van der Waals surface area contributed by atoms with Gasteiger partial charge >= 0.3 is 0 Å². The van der Waals surface area contributed by atoms with Gasteiger partial charge in [0.25, 0.3) is 0 Å². The quantitative estimate of drug-likeness (QED) is 0.442. The monoisotopic (exact) mass is 218 g/mol. The lowest BCUT2D eigenvalue weighted by Gasteiger charge is -2.36. The van der Waals surface area contributed by atoms with Gasteiger partial charge in [-0.25, -0.2) is 0 Å². The molecule has 0 aromatic heterocycles. The minimum atomic E-state index is 0.156. The first-order valence-corrected chi connectivity index (χ1v) is 5.21. The van der Waals surface area contributed by atoms with Gasteiger partial charge < -0.3 is 4.74 Å². The van der Waals surface area contributed by atoms with E-state index in [-0.39, 0.29) is 6.04 Å². The molecule has 0 amide bonds. The number of hydrogen-bond acceptors (Lipinski definition) is 3. The highest BCUT2D eigenvalue weighted by atomic mass is 16.5. The number of azide groups is 1. The lowest BCUT2D eigenvalue weighted by atomic mass is 10.1. The van der Waals surface area contributed by atoms with Crippen molar-refractivity contribution in [3.05, 3.63) is 40.3 Å². The van der Waals surface area contributed by atoms with Crippen LogP contribution in [0.2, 0.25) is 0 Å². The molecule has 2 rings (SSSR count). The number of benzene rings is 1. The molecular weight excluding hydrogens is 204 g/mol. The molecule has 1 saturated heterocycles. The van der Waals surface area contributed by atoms with E-state index in [1.165, 1.54) is 5.56 Å². The fraction of sp³-hybridized carbons (Fsp3) is 0.455. The van der Waals surface area contributed by atoms with Crippen LogP contribution in [0.15, 0.2) is 29.4 Å².